The molecule has 0 spiro atoms. The van der Waals surface area contributed by atoms with Crippen molar-refractivity contribution < 1.29 is 13.2 Å². The van der Waals surface area contributed by atoms with Crippen molar-refractivity contribution in [1.29, 1.82) is 0 Å². The maximum absolute atomic E-state index is 12.2. The van der Waals surface area contributed by atoms with Gasteiger partial charge in [-0.25, -0.2) is 13.1 Å². The Morgan fingerprint density at radius 2 is 2.10 bits per heavy atom. The van der Waals surface area contributed by atoms with Crippen LogP contribution in [0.15, 0.2) is 0 Å². The van der Waals surface area contributed by atoms with E-state index in [2.05, 4.69) is 10.0 Å². The molecule has 1 fully saturated rings. The Hall–Kier alpha value is -0.370. The summed E-state index contributed by atoms with van der Waals surface area (Å²) in [7, 11) is -1.32. The molecule has 0 bridgehead atoms. The van der Waals surface area contributed by atoms with E-state index in [0.717, 1.165) is 25.6 Å². The second-order valence-corrected chi connectivity index (χ2v) is 7.20. The molecule has 1 heterocycles. The van der Waals surface area contributed by atoms with Crippen LogP contribution in [0.25, 0.3) is 0 Å². The normalized spacial score (nSPS) is 21.1. The Kier molecular flexibility index (Phi) is 8.65. The Morgan fingerprint density at radius 1 is 1.45 bits per heavy atom. The van der Waals surface area contributed by atoms with Gasteiger partial charge in [0.2, 0.25) is 15.9 Å². The van der Waals surface area contributed by atoms with Crippen LogP contribution in [0.5, 0.6) is 0 Å². The first-order valence-electron chi connectivity index (χ1n) is 6.71. The molecule has 0 saturated carbocycles. The summed E-state index contributed by atoms with van der Waals surface area (Å²) in [6.07, 6.45) is 3.06. The highest BCUT2D eigenvalue weighted by molar-refractivity contribution is 7.88. The van der Waals surface area contributed by atoms with Crippen LogP contribution in [0.4, 0.5) is 0 Å². The number of carbonyl (C=O) groups is 1. The molecule has 6 nitrogen and oxygen atoms in total. The van der Waals surface area contributed by atoms with E-state index < -0.39 is 10.0 Å². The first-order valence-corrected chi connectivity index (χ1v) is 8.60. The fourth-order valence-corrected chi connectivity index (χ4v) is 2.94. The zero-order chi connectivity index (χ0) is 14.5. The third kappa shape index (κ3) is 6.88. The second-order valence-electron chi connectivity index (χ2n) is 5.37. The van der Waals surface area contributed by atoms with Gasteiger partial charge in [-0.3, -0.25) is 4.79 Å². The van der Waals surface area contributed by atoms with E-state index >= 15 is 0 Å². The minimum Gasteiger partial charge on any atom is -0.342 e. The number of amides is 1. The molecule has 20 heavy (non-hydrogen) atoms. The predicted molar refractivity (Wildman–Crippen MR) is 82.5 cm³/mol. The Bertz CT molecular complexity index is 403. The van der Waals surface area contributed by atoms with Gasteiger partial charge in [0, 0.05) is 32.1 Å². The van der Waals surface area contributed by atoms with Crippen LogP contribution in [0.2, 0.25) is 0 Å². The summed E-state index contributed by atoms with van der Waals surface area (Å²) >= 11 is 0. The summed E-state index contributed by atoms with van der Waals surface area (Å²) in [6.45, 7) is 4.43. The SMILES string of the molecule is CNCC(C)C(=O)N1CCCC(CNS(C)(=O)=O)C1.Cl. The van der Waals surface area contributed by atoms with Gasteiger partial charge in [-0.05, 0) is 25.8 Å². The molecule has 120 valence electrons. The zero-order valence-corrected chi connectivity index (χ0v) is 14.0. The Labute approximate surface area is 128 Å². The first-order chi connectivity index (χ1) is 8.83. The number of nitrogens with one attached hydrogen (secondary N) is 2. The van der Waals surface area contributed by atoms with Gasteiger partial charge in [0.05, 0.1) is 6.26 Å². The lowest BCUT2D eigenvalue weighted by Crippen LogP contribution is -2.46. The topological polar surface area (TPSA) is 78.5 Å². The van der Waals surface area contributed by atoms with E-state index in [1.807, 2.05) is 18.9 Å². The fourth-order valence-electron chi connectivity index (χ4n) is 2.41. The lowest BCUT2D eigenvalue weighted by atomic mass is 9.97. The van der Waals surface area contributed by atoms with Crippen LogP contribution in [0.1, 0.15) is 19.8 Å². The summed E-state index contributed by atoms with van der Waals surface area (Å²) < 4.78 is 24.7. The van der Waals surface area contributed by atoms with Crippen molar-refractivity contribution in [3.8, 4) is 0 Å². The molecule has 1 aliphatic heterocycles. The van der Waals surface area contributed by atoms with Gasteiger partial charge in [-0.1, -0.05) is 6.92 Å². The number of nitrogens with zero attached hydrogens (tertiary/aromatic N) is 1. The number of halogens is 1. The molecular formula is C12H26ClN3O3S. The number of rotatable bonds is 6. The quantitative estimate of drug-likeness (QED) is 0.722. The summed E-state index contributed by atoms with van der Waals surface area (Å²) in [4.78, 5) is 14.0. The van der Waals surface area contributed by atoms with Gasteiger partial charge in [-0.2, -0.15) is 0 Å². The molecule has 0 radical (unpaired) electrons. The first kappa shape index (κ1) is 19.6. The van der Waals surface area contributed by atoms with Crippen molar-refractivity contribution in [2.24, 2.45) is 11.8 Å². The maximum Gasteiger partial charge on any atom is 0.226 e. The van der Waals surface area contributed by atoms with Crippen LogP contribution >= 0.6 is 12.4 Å². The van der Waals surface area contributed by atoms with Crippen molar-refractivity contribution in [3.05, 3.63) is 0 Å². The summed E-state index contributed by atoms with van der Waals surface area (Å²) in [5.74, 6) is 0.333. The summed E-state index contributed by atoms with van der Waals surface area (Å²) in [5, 5.41) is 3.00. The van der Waals surface area contributed by atoms with E-state index in [1.165, 1.54) is 0 Å². The maximum atomic E-state index is 12.2. The van der Waals surface area contributed by atoms with Gasteiger partial charge in [-0.15, -0.1) is 12.4 Å². The van der Waals surface area contributed by atoms with Crippen molar-refractivity contribution in [2.45, 2.75) is 19.8 Å². The van der Waals surface area contributed by atoms with Gasteiger partial charge in [0.25, 0.3) is 0 Å². The largest absolute Gasteiger partial charge is 0.342 e. The van der Waals surface area contributed by atoms with E-state index in [0.29, 0.717) is 19.6 Å². The molecule has 0 aliphatic carbocycles. The average Bonchev–Trinajstić information content (AvgIpc) is 2.35. The average molecular weight is 328 g/mol. The number of carbonyl (C=O) groups excluding carboxylic acids is 1. The minimum atomic E-state index is -3.15. The molecule has 2 N–H and O–H groups in total. The van der Waals surface area contributed by atoms with E-state index in [9.17, 15) is 13.2 Å². The van der Waals surface area contributed by atoms with Gasteiger partial charge in [0.1, 0.15) is 0 Å². The van der Waals surface area contributed by atoms with Crippen LogP contribution < -0.4 is 10.0 Å². The number of likely N-dealkylation sites (tertiary alicyclic amines) is 1. The lowest BCUT2D eigenvalue weighted by molar-refractivity contribution is -0.136. The number of hydrogen-bond donors (Lipinski definition) is 2. The number of sulfonamides is 1. The van der Waals surface area contributed by atoms with E-state index in [4.69, 9.17) is 0 Å². The molecule has 8 heteroatoms. The van der Waals surface area contributed by atoms with Crippen LogP contribution in [0, 0.1) is 11.8 Å². The molecule has 1 rings (SSSR count). The lowest BCUT2D eigenvalue weighted by Gasteiger charge is -2.34. The van der Waals surface area contributed by atoms with Crippen molar-refractivity contribution in [3.63, 3.8) is 0 Å². The molecule has 2 atom stereocenters. The standard InChI is InChI=1S/C12H25N3O3S.ClH/c1-10(7-13-2)12(16)15-6-4-5-11(9-15)8-14-19(3,17)18;/h10-11,13-14H,4-9H2,1-3H3;1H. The van der Waals surface area contributed by atoms with Crippen LogP contribution in [-0.4, -0.2) is 58.7 Å². The molecule has 0 aromatic heterocycles. The summed E-state index contributed by atoms with van der Waals surface area (Å²) in [5.41, 5.74) is 0. The molecule has 0 aromatic rings. The molecule has 1 aliphatic rings. The highest BCUT2D eigenvalue weighted by Crippen LogP contribution is 2.17. The Balaban J connectivity index is 0.00000361. The zero-order valence-electron chi connectivity index (χ0n) is 12.4. The predicted octanol–water partition coefficient (Wildman–Crippen LogP) is 0.0515. The summed E-state index contributed by atoms with van der Waals surface area (Å²) in [6, 6.07) is 0. The number of hydrogen-bond acceptors (Lipinski definition) is 4. The van der Waals surface area contributed by atoms with Crippen molar-refractivity contribution >= 4 is 28.3 Å². The highest BCUT2D eigenvalue weighted by atomic mass is 35.5. The Morgan fingerprint density at radius 3 is 2.65 bits per heavy atom. The fraction of sp³-hybridized carbons (Fsp3) is 0.917. The smallest absolute Gasteiger partial charge is 0.226 e. The third-order valence-electron chi connectivity index (χ3n) is 3.40. The monoisotopic (exact) mass is 327 g/mol. The van der Waals surface area contributed by atoms with E-state index in [-0.39, 0.29) is 30.2 Å². The van der Waals surface area contributed by atoms with Gasteiger partial charge < -0.3 is 10.2 Å². The van der Waals surface area contributed by atoms with Gasteiger partial charge >= 0.3 is 0 Å². The minimum absolute atomic E-state index is 0. The molecule has 1 saturated heterocycles. The molecule has 0 aromatic carbocycles. The van der Waals surface area contributed by atoms with E-state index in [1.54, 1.807) is 0 Å². The second kappa shape index (κ2) is 8.81. The third-order valence-corrected chi connectivity index (χ3v) is 4.09. The number of piperidine rings is 1. The van der Waals surface area contributed by atoms with Crippen molar-refractivity contribution in [1.82, 2.24) is 14.9 Å². The molecule has 1 amide bonds. The van der Waals surface area contributed by atoms with Crippen molar-refractivity contribution in [2.75, 3.05) is 39.5 Å². The van der Waals surface area contributed by atoms with Gasteiger partial charge in [0.15, 0.2) is 0 Å². The van der Waals surface area contributed by atoms with Crippen LogP contribution in [-0.2, 0) is 14.8 Å². The molecule has 2 unspecified atom stereocenters. The van der Waals surface area contributed by atoms with Crippen LogP contribution in [0.3, 0.4) is 0 Å². The highest BCUT2D eigenvalue weighted by Gasteiger charge is 2.26. The molecular weight excluding hydrogens is 302 g/mol.